The lowest BCUT2D eigenvalue weighted by Crippen LogP contribution is -2.06. The summed E-state index contributed by atoms with van der Waals surface area (Å²) in [6.45, 7) is 0. The lowest BCUT2D eigenvalue weighted by atomic mass is 10.0. The standard InChI is InChI=1S/C16H9ClN4S/c17-13-3-1-12(2-4-13)16-14(11-5-7-19-8-6-11)10-21(20-16)15(22)9-18/h1-8,10H. The van der Waals surface area contributed by atoms with Crippen LogP contribution in [-0.4, -0.2) is 19.8 Å². The molecule has 0 aliphatic carbocycles. The maximum atomic E-state index is 8.99. The molecule has 0 aliphatic heterocycles. The molecule has 0 fully saturated rings. The normalized spacial score (nSPS) is 10.2. The summed E-state index contributed by atoms with van der Waals surface area (Å²) in [6.07, 6.45) is 5.17. The predicted octanol–water partition coefficient (Wildman–Crippen LogP) is 3.96. The first-order valence-electron chi connectivity index (χ1n) is 6.39. The van der Waals surface area contributed by atoms with E-state index in [1.165, 1.54) is 4.68 Å². The summed E-state index contributed by atoms with van der Waals surface area (Å²) in [6, 6.07) is 13.1. The molecule has 0 saturated carbocycles. The van der Waals surface area contributed by atoms with Gasteiger partial charge in [0.15, 0.2) is 0 Å². The number of hydrogen-bond donors (Lipinski definition) is 0. The number of nitriles is 1. The molecule has 0 aliphatic rings. The minimum absolute atomic E-state index is 0.0931. The maximum Gasteiger partial charge on any atom is 0.205 e. The number of pyridine rings is 1. The van der Waals surface area contributed by atoms with Crippen LogP contribution in [0.25, 0.3) is 22.4 Å². The first kappa shape index (κ1) is 14.4. The van der Waals surface area contributed by atoms with Crippen molar-refractivity contribution in [3.63, 3.8) is 0 Å². The van der Waals surface area contributed by atoms with E-state index in [2.05, 4.69) is 10.1 Å². The molecule has 3 rings (SSSR count). The molecule has 2 aromatic heterocycles. The van der Waals surface area contributed by atoms with E-state index in [4.69, 9.17) is 29.1 Å². The van der Waals surface area contributed by atoms with Crippen molar-refractivity contribution in [2.45, 2.75) is 0 Å². The third kappa shape index (κ3) is 2.75. The Morgan fingerprint density at radius 2 is 1.77 bits per heavy atom. The molecule has 0 atom stereocenters. The highest BCUT2D eigenvalue weighted by Crippen LogP contribution is 2.31. The minimum Gasteiger partial charge on any atom is -0.265 e. The summed E-state index contributed by atoms with van der Waals surface area (Å²) in [4.78, 5) is 4.11. The number of nitrogens with zero attached hydrogens (tertiary/aromatic N) is 4. The van der Waals surface area contributed by atoms with Gasteiger partial charge in [0.05, 0.1) is 0 Å². The van der Waals surface area contributed by atoms with Gasteiger partial charge in [-0.2, -0.15) is 10.4 Å². The second-order valence-electron chi connectivity index (χ2n) is 4.50. The van der Waals surface area contributed by atoms with E-state index in [0.717, 1.165) is 22.4 Å². The molecular formula is C16H9ClN4S. The van der Waals surface area contributed by atoms with Crippen molar-refractivity contribution in [3.05, 3.63) is 60.0 Å². The van der Waals surface area contributed by atoms with Crippen molar-refractivity contribution < 1.29 is 0 Å². The SMILES string of the molecule is N#CC(=S)n1cc(-c2ccncc2)c(-c2ccc(Cl)cc2)n1. The highest BCUT2D eigenvalue weighted by atomic mass is 35.5. The lowest BCUT2D eigenvalue weighted by molar-refractivity contribution is 0.960. The molecule has 1 aromatic carbocycles. The number of rotatable bonds is 2. The van der Waals surface area contributed by atoms with Crippen molar-refractivity contribution in [1.82, 2.24) is 14.8 Å². The third-order valence-corrected chi connectivity index (χ3v) is 3.66. The van der Waals surface area contributed by atoms with E-state index in [9.17, 15) is 0 Å². The van der Waals surface area contributed by atoms with Crippen LogP contribution < -0.4 is 0 Å². The van der Waals surface area contributed by atoms with Gasteiger partial charge in [-0.15, -0.1) is 0 Å². The van der Waals surface area contributed by atoms with Gasteiger partial charge in [0.1, 0.15) is 11.8 Å². The Balaban J connectivity index is 2.19. The quantitative estimate of drug-likeness (QED) is 0.669. The van der Waals surface area contributed by atoms with Gasteiger partial charge in [-0.05, 0) is 42.0 Å². The van der Waals surface area contributed by atoms with Gasteiger partial charge < -0.3 is 0 Å². The highest BCUT2D eigenvalue weighted by Gasteiger charge is 2.14. The van der Waals surface area contributed by atoms with Crippen LogP contribution in [0.1, 0.15) is 0 Å². The Hall–Kier alpha value is -2.55. The van der Waals surface area contributed by atoms with E-state index in [1.807, 2.05) is 30.3 Å². The molecule has 0 amide bonds. The zero-order valence-corrected chi connectivity index (χ0v) is 12.8. The molecule has 0 bridgehead atoms. The third-order valence-electron chi connectivity index (χ3n) is 3.13. The number of hydrogen-bond acceptors (Lipinski definition) is 4. The average molecular weight is 325 g/mol. The molecule has 3 aromatic rings. The molecule has 0 spiro atoms. The fourth-order valence-electron chi connectivity index (χ4n) is 2.09. The van der Waals surface area contributed by atoms with E-state index < -0.39 is 0 Å². The maximum absolute atomic E-state index is 8.99. The van der Waals surface area contributed by atoms with Crippen LogP contribution in [0.5, 0.6) is 0 Å². The first-order chi connectivity index (χ1) is 10.7. The average Bonchev–Trinajstić information content (AvgIpc) is 3.01. The van der Waals surface area contributed by atoms with Crippen LogP contribution in [0.3, 0.4) is 0 Å². The largest absolute Gasteiger partial charge is 0.265 e. The van der Waals surface area contributed by atoms with E-state index >= 15 is 0 Å². The molecule has 6 heteroatoms. The second-order valence-corrected chi connectivity index (χ2v) is 5.32. The number of halogens is 1. The number of thiocarbonyl (C=S) groups is 1. The van der Waals surface area contributed by atoms with E-state index in [-0.39, 0.29) is 4.99 Å². The fraction of sp³-hybridized carbons (Fsp3) is 0. The van der Waals surface area contributed by atoms with Gasteiger partial charge in [-0.3, -0.25) is 4.98 Å². The summed E-state index contributed by atoms with van der Waals surface area (Å²) in [7, 11) is 0. The van der Waals surface area contributed by atoms with E-state index in [1.54, 1.807) is 30.7 Å². The summed E-state index contributed by atoms with van der Waals surface area (Å²) in [5, 5.41) is 14.1. The summed E-state index contributed by atoms with van der Waals surface area (Å²) >= 11 is 11.0. The van der Waals surface area contributed by atoms with Gasteiger partial charge in [0, 0.05) is 34.7 Å². The van der Waals surface area contributed by atoms with Crippen LogP contribution >= 0.6 is 23.8 Å². The second kappa shape index (κ2) is 6.06. The van der Waals surface area contributed by atoms with Crippen molar-refractivity contribution in [2.75, 3.05) is 0 Å². The van der Waals surface area contributed by atoms with Crippen molar-refractivity contribution in [2.24, 2.45) is 0 Å². The molecule has 2 heterocycles. The monoisotopic (exact) mass is 324 g/mol. The molecule has 0 N–H and O–H groups in total. The zero-order chi connectivity index (χ0) is 15.5. The fourth-order valence-corrected chi connectivity index (χ4v) is 2.31. The Bertz CT molecular complexity index is 863. The van der Waals surface area contributed by atoms with Crippen LogP contribution in [0.2, 0.25) is 5.02 Å². The molecule has 22 heavy (non-hydrogen) atoms. The first-order valence-corrected chi connectivity index (χ1v) is 7.18. The van der Waals surface area contributed by atoms with Crippen molar-refractivity contribution >= 4 is 28.8 Å². The Labute approximate surface area is 137 Å². The predicted molar refractivity (Wildman–Crippen MR) is 89.5 cm³/mol. The van der Waals surface area contributed by atoms with Crippen LogP contribution in [0, 0.1) is 11.3 Å². The van der Waals surface area contributed by atoms with Crippen LogP contribution in [0.4, 0.5) is 0 Å². The van der Waals surface area contributed by atoms with Crippen LogP contribution in [0.15, 0.2) is 55.0 Å². The smallest absolute Gasteiger partial charge is 0.205 e. The van der Waals surface area contributed by atoms with Gasteiger partial charge in [-0.25, -0.2) is 4.68 Å². The van der Waals surface area contributed by atoms with Crippen LogP contribution in [-0.2, 0) is 0 Å². The lowest BCUT2D eigenvalue weighted by Gasteiger charge is -2.02. The molecular weight excluding hydrogens is 316 g/mol. The van der Waals surface area contributed by atoms with Gasteiger partial charge in [0.25, 0.3) is 0 Å². The van der Waals surface area contributed by atoms with Crippen molar-refractivity contribution in [1.29, 1.82) is 5.26 Å². The summed E-state index contributed by atoms with van der Waals surface area (Å²) < 4.78 is 1.41. The van der Waals surface area contributed by atoms with E-state index in [0.29, 0.717) is 5.02 Å². The molecule has 4 nitrogen and oxygen atoms in total. The highest BCUT2D eigenvalue weighted by molar-refractivity contribution is 7.80. The topological polar surface area (TPSA) is 54.5 Å². The number of aromatic nitrogens is 3. The summed E-state index contributed by atoms with van der Waals surface area (Å²) in [5.41, 5.74) is 3.46. The number of benzene rings is 1. The minimum atomic E-state index is 0.0931. The Morgan fingerprint density at radius 3 is 2.41 bits per heavy atom. The van der Waals surface area contributed by atoms with Gasteiger partial charge in [0.2, 0.25) is 4.99 Å². The summed E-state index contributed by atoms with van der Waals surface area (Å²) in [5.74, 6) is 0. The Kier molecular flexibility index (Phi) is 3.96. The van der Waals surface area contributed by atoms with Crippen molar-refractivity contribution in [3.8, 4) is 28.5 Å². The van der Waals surface area contributed by atoms with Gasteiger partial charge >= 0.3 is 0 Å². The molecule has 106 valence electrons. The molecule has 0 radical (unpaired) electrons. The Morgan fingerprint density at radius 1 is 1.09 bits per heavy atom. The molecule has 0 saturated heterocycles. The molecule has 0 unspecified atom stereocenters. The zero-order valence-electron chi connectivity index (χ0n) is 11.3. The van der Waals surface area contributed by atoms with Gasteiger partial charge in [-0.1, -0.05) is 23.7 Å².